The summed E-state index contributed by atoms with van der Waals surface area (Å²) in [6.45, 7) is 3.37. The van der Waals surface area contributed by atoms with Crippen molar-refractivity contribution in [1.82, 2.24) is 4.90 Å². The molecule has 136 valence electrons. The fraction of sp³-hybridized carbons (Fsp3) is 0.579. The molecule has 1 aromatic carbocycles. The van der Waals surface area contributed by atoms with Gasteiger partial charge < -0.3 is 9.64 Å². The molecule has 2 saturated heterocycles. The Kier molecular flexibility index (Phi) is 5.67. The van der Waals surface area contributed by atoms with Crippen LogP contribution in [0.15, 0.2) is 28.7 Å². The predicted molar refractivity (Wildman–Crippen MR) is 100 cm³/mol. The van der Waals surface area contributed by atoms with Gasteiger partial charge in [0.15, 0.2) is 0 Å². The first kappa shape index (κ1) is 18.2. The molecule has 2 heterocycles. The highest BCUT2D eigenvalue weighted by atomic mass is 79.9. The summed E-state index contributed by atoms with van der Waals surface area (Å²) >= 11 is 3.37. The van der Waals surface area contributed by atoms with Crippen molar-refractivity contribution in [2.45, 2.75) is 51.0 Å². The topological polar surface area (TPSA) is 58.6 Å². The number of rotatable bonds is 5. The van der Waals surface area contributed by atoms with E-state index in [1.54, 1.807) is 0 Å². The number of nitrogens with zero attached hydrogens (tertiary/aromatic N) is 1. The van der Waals surface area contributed by atoms with Crippen LogP contribution in [0.3, 0.4) is 0 Å². The Morgan fingerprint density at radius 2 is 2.16 bits per heavy atom. The molecular formula is C19H25BrN2O3. The van der Waals surface area contributed by atoms with E-state index in [-0.39, 0.29) is 17.4 Å². The van der Waals surface area contributed by atoms with Gasteiger partial charge in [-0.1, -0.05) is 29.3 Å². The zero-order valence-corrected chi connectivity index (χ0v) is 16.2. The first-order chi connectivity index (χ1) is 12.0. The summed E-state index contributed by atoms with van der Waals surface area (Å²) in [5, 5.41) is 2.76. The molecule has 5 nitrogen and oxygen atoms in total. The molecule has 25 heavy (non-hydrogen) atoms. The van der Waals surface area contributed by atoms with Gasteiger partial charge in [0, 0.05) is 34.6 Å². The molecule has 3 rings (SSSR count). The average molecular weight is 409 g/mol. The Labute approximate surface area is 157 Å². The molecule has 1 N–H and O–H groups in total. The number of carbonyl (C=O) groups excluding carboxylic acids is 2. The smallest absolute Gasteiger partial charge is 0.411 e. The van der Waals surface area contributed by atoms with E-state index in [2.05, 4.69) is 33.1 Å². The Balaban J connectivity index is 1.61. The summed E-state index contributed by atoms with van der Waals surface area (Å²) < 4.78 is 6.49. The van der Waals surface area contributed by atoms with Crippen LogP contribution in [-0.4, -0.2) is 35.6 Å². The van der Waals surface area contributed by atoms with Gasteiger partial charge in [0.1, 0.15) is 0 Å². The number of anilines is 1. The number of piperidine rings is 1. The molecule has 2 aliphatic rings. The van der Waals surface area contributed by atoms with Gasteiger partial charge in [-0.3, -0.25) is 10.1 Å². The second-order valence-corrected chi connectivity index (χ2v) is 7.88. The summed E-state index contributed by atoms with van der Waals surface area (Å²) in [6.07, 6.45) is 5.10. The van der Waals surface area contributed by atoms with Crippen LogP contribution in [0, 0.1) is 5.92 Å². The first-order valence-electron chi connectivity index (χ1n) is 9.05. The monoisotopic (exact) mass is 408 g/mol. The van der Waals surface area contributed by atoms with Gasteiger partial charge in [0.05, 0.1) is 6.61 Å². The number of fused-ring (bicyclic) bond motifs is 1. The quantitative estimate of drug-likeness (QED) is 0.775. The molecule has 2 amide bonds. The largest absolute Gasteiger partial charge is 0.449 e. The van der Waals surface area contributed by atoms with Gasteiger partial charge in [-0.05, 0) is 49.9 Å². The van der Waals surface area contributed by atoms with Crippen LogP contribution < -0.4 is 5.32 Å². The maximum absolute atomic E-state index is 12.2. The zero-order chi connectivity index (χ0) is 17.9. The number of hydrogen-bond donors (Lipinski definition) is 1. The maximum Gasteiger partial charge on any atom is 0.411 e. The van der Waals surface area contributed by atoms with E-state index in [0.29, 0.717) is 18.7 Å². The molecule has 1 aromatic rings. The van der Waals surface area contributed by atoms with Crippen molar-refractivity contribution in [2.24, 2.45) is 5.92 Å². The lowest BCUT2D eigenvalue weighted by Crippen LogP contribution is -2.56. The van der Waals surface area contributed by atoms with Crippen molar-refractivity contribution in [3.63, 3.8) is 0 Å². The summed E-state index contributed by atoms with van der Waals surface area (Å²) in [6, 6.07) is 7.38. The fourth-order valence-electron chi connectivity index (χ4n) is 4.38. The lowest BCUT2D eigenvalue weighted by atomic mass is 9.74. The van der Waals surface area contributed by atoms with E-state index >= 15 is 0 Å². The number of hydrogen-bond acceptors (Lipinski definition) is 3. The van der Waals surface area contributed by atoms with Crippen LogP contribution in [0.25, 0.3) is 0 Å². The number of halogens is 1. The van der Waals surface area contributed by atoms with Crippen LogP contribution in [0.4, 0.5) is 10.5 Å². The minimum absolute atomic E-state index is 0.109. The zero-order valence-electron chi connectivity index (χ0n) is 14.6. The Morgan fingerprint density at radius 1 is 1.40 bits per heavy atom. The number of nitrogens with one attached hydrogen (secondary N) is 1. The van der Waals surface area contributed by atoms with Crippen LogP contribution >= 0.6 is 15.9 Å². The van der Waals surface area contributed by atoms with Crippen LogP contribution in [0.1, 0.15) is 45.4 Å². The number of amides is 2. The van der Waals surface area contributed by atoms with Crippen molar-refractivity contribution in [1.29, 1.82) is 0 Å². The van der Waals surface area contributed by atoms with E-state index < -0.39 is 6.09 Å². The molecular weight excluding hydrogens is 384 g/mol. The van der Waals surface area contributed by atoms with Crippen LogP contribution in [0.2, 0.25) is 0 Å². The molecule has 2 atom stereocenters. The third-order valence-corrected chi connectivity index (χ3v) is 6.02. The van der Waals surface area contributed by atoms with Crippen molar-refractivity contribution in [3.8, 4) is 0 Å². The third kappa shape index (κ3) is 3.84. The highest BCUT2D eigenvalue weighted by molar-refractivity contribution is 9.10. The molecule has 0 aliphatic carbocycles. The minimum atomic E-state index is -0.435. The van der Waals surface area contributed by atoms with E-state index in [9.17, 15) is 9.59 Å². The summed E-state index contributed by atoms with van der Waals surface area (Å²) in [5.41, 5.74) is 0.597. The molecule has 0 saturated carbocycles. The van der Waals surface area contributed by atoms with Gasteiger partial charge in [-0.25, -0.2) is 4.79 Å². The maximum atomic E-state index is 12.2. The normalized spacial score (nSPS) is 25.6. The van der Waals surface area contributed by atoms with Gasteiger partial charge in [0.2, 0.25) is 5.91 Å². The van der Waals surface area contributed by atoms with E-state index in [0.717, 1.165) is 43.1 Å². The summed E-state index contributed by atoms with van der Waals surface area (Å²) in [5.74, 6) is 0.487. The van der Waals surface area contributed by atoms with E-state index in [1.165, 1.54) is 0 Å². The highest BCUT2D eigenvalue weighted by Gasteiger charge is 2.51. The summed E-state index contributed by atoms with van der Waals surface area (Å²) in [7, 11) is 0. The number of ether oxygens (including phenoxy) is 1. The van der Waals surface area contributed by atoms with Gasteiger partial charge in [0.25, 0.3) is 0 Å². The fourth-order valence-corrected chi connectivity index (χ4v) is 4.64. The minimum Gasteiger partial charge on any atom is -0.449 e. The SMILES string of the molecule is CCC[C@@]12CCC(=O)N1CCC[C@H]2COC(=O)Nc1ccc(Br)cc1. The lowest BCUT2D eigenvalue weighted by molar-refractivity contribution is -0.136. The van der Waals surface area contributed by atoms with Crippen molar-refractivity contribution in [3.05, 3.63) is 28.7 Å². The van der Waals surface area contributed by atoms with Crippen molar-refractivity contribution >= 4 is 33.6 Å². The molecule has 0 spiro atoms. The molecule has 0 unspecified atom stereocenters. The molecule has 0 aromatic heterocycles. The number of carbonyl (C=O) groups is 2. The van der Waals surface area contributed by atoms with Crippen molar-refractivity contribution in [2.75, 3.05) is 18.5 Å². The Morgan fingerprint density at radius 3 is 2.88 bits per heavy atom. The Bertz CT molecular complexity index is 634. The molecule has 0 bridgehead atoms. The standard InChI is InChI=1S/C19H25BrN2O3/c1-2-10-19-11-9-17(23)22(19)12-3-4-14(19)13-25-18(24)21-16-7-5-15(20)6-8-16/h5-8,14H,2-4,9-13H2,1H3,(H,21,24)/t14-,19-/m0/s1. The van der Waals surface area contributed by atoms with Crippen LogP contribution in [0.5, 0.6) is 0 Å². The first-order valence-corrected chi connectivity index (χ1v) is 9.84. The number of benzene rings is 1. The molecule has 0 radical (unpaired) electrons. The van der Waals surface area contributed by atoms with Crippen LogP contribution in [-0.2, 0) is 9.53 Å². The predicted octanol–water partition coefficient (Wildman–Crippen LogP) is 4.57. The average Bonchev–Trinajstić information content (AvgIpc) is 2.93. The second kappa shape index (κ2) is 7.77. The summed E-state index contributed by atoms with van der Waals surface area (Å²) in [4.78, 5) is 26.4. The second-order valence-electron chi connectivity index (χ2n) is 6.97. The lowest BCUT2D eigenvalue weighted by Gasteiger charge is -2.48. The third-order valence-electron chi connectivity index (χ3n) is 5.49. The Hall–Kier alpha value is -1.56. The highest BCUT2D eigenvalue weighted by Crippen LogP contribution is 2.45. The van der Waals surface area contributed by atoms with Gasteiger partial charge in [-0.15, -0.1) is 0 Å². The molecule has 2 aliphatic heterocycles. The van der Waals surface area contributed by atoms with Gasteiger partial charge in [-0.2, -0.15) is 0 Å². The molecule has 6 heteroatoms. The van der Waals surface area contributed by atoms with Crippen molar-refractivity contribution < 1.29 is 14.3 Å². The van der Waals surface area contributed by atoms with E-state index in [4.69, 9.17) is 4.74 Å². The molecule has 2 fully saturated rings. The van der Waals surface area contributed by atoms with Gasteiger partial charge >= 0.3 is 6.09 Å². The van der Waals surface area contributed by atoms with E-state index in [1.807, 2.05) is 24.3 Å².